The van der Waals surface area contributed by atoms with E-state index in [2.05, 4.69) is 98.7 Å². The first-order chi connectivity index (χ1) is 27.2. The van der Waals surface area contributed by atoms with Crippen LogP contribution in [0.1, 0.15) is 181 Å². The zero-order valence-electron chi connectivity index (χ0n) is 36.7. The molecule has 4 heteroatoms. The summed E-state index contributed by atoms with van der Waals surface area (Å²) >= 11 is 0. The van der Waals surface area contributed by atoms with Crippen LogP contribution in [-0.2, 0) is 68.7 Å². The summed E-state index contributed by atoms with van der Waals surface area (Å²) in [4.78, 5) is 15.3. The van der Waals surface area contributed by atoms with Gasteiger partial charge in [-0.05, 0) is 80.5 Å². The van der Waals surface area contributed by atoms with Gasteiger partial charge in [0.05, 0.1) is 5.56 Å². The average Bonchev–Trinajstić information content (AvgIpc) is 3.15. The third-order valence-corrected chi connectivity index (χ3v) is 13.2. The maximum absolute atomic E-state index is 10.7. The molecule has 56 heavy (non-hydrogen) atoms. The Hall–Kier alpha value is -3.50. The molecule has 0 bridgehead atoms. The van der Waals surface area contributed by atoms with E-state index < -0.39 is 11.7 Å². The van der Waals surface area contributed by atoms with Gasteiger partial charge in [-0.25, -0.2) is 4.79 Å². The first-order valence-electron chi connectivity index (χ1n) is 22.3. The van der Waals surface area contributed by atoms with Gasteiger partial charge in [-0.15, -0.1) is 0 Å². The van der Waals surface area contributed by atoms with Gasteiger partial charge in [0.25, 0.3) is 0 Å². The molecule has 4 aromatic carbocycles. The molecule has 0 heterocycles. The Bertz CT molecular complexity index is 1560. The Kier molecular flexibility index (Phi) is 20.9. The molecule has 0 saturated carbocycles. The zero-order chi connectivity index (χ0) is 41.0. The second-order valence-electron chi connectivity index (χ2n) is 15.6. The van der Waals surface area contributed by atoms with Crippen molar-refractivity contribution in [3.8, 4) is 5.75 Å². The molecule has 0 amide bonds. The Morgan fingerprint density at radius 3 is 0.893 bits per heavy atom. The Balaban J connectivity index is 0.000000728. The summed E-state index contributed by atoms with van der Waals surface area (Å²) in [6.07, 6.45) is 21.4. The van der Waals surface area contributed by atoms with Crippen molar-refractivity contribution in [1.82, 2.24) is 0 Å². The van der Waals surface area contributed by atoms with Crippen LogP contribution < -0.4 is 5.11 Å². The van der Waals surface area contributed by atoms with Gasteiger partial charge in [-0.2, -0.15) is 0 Å². The molecule has 0 atom stereocenters. The van der Waals surface area contributed by atoms with Gasteiger partial charge in [0.1, 0.15) is 10.9 Å². The van der Waals surface area contributed by atoms with Crippen LogP contribution in [0, 0.1) is 0 Å². The number of benzene rings is 4. The molecule has 306 valence electrons. The van der Waals surface area contributed by atoms with Crippen LogP contribution in [0.4, 0.5) is 0 Å². The summed E-state index contributed by atoms with van der Waals surface area (Å²) in [5.74, 6) is -1.62. The van der Waals surface area contributed by atoms with E-state index in [1.165, 1.54) is 140 Å². The molecule has 0 fully saturated rings. The van der Waals surface area contributed by atoms with Gasteiger partial charge in [0.2, 0.25) is 0 Å². The molecule has 0 radical (unpaired) electrons. The highest BCUT2D eigenvalue weighted by molar-refractivity contribution is 7.97. The Morgan fingerprint density at radius 2 is 0.696 bits per heavy atom. The van der Waals surface area contributed by atoms with Crippen molar-refractivity contribution in [2.75, 3.05) is 0 Å². The van der Waals surface area contributed by atoms with Crippen LogP contribution >= 0.6 is 0 Å². The average molecular weight is 779 g/mol. The SMILES string of the molecule is CCCc1cc(CCC)c([S+](c2c(CCC)cc(CCC)cc2CCC)c2c(CCC)cc(CCC)cc2CCC)c(CCC)c1.O=C(O)c1ccccc1[O-]. The number of hydrogen-bond acceptors (Lipinski definition) is 2. The lowest BCUT2D eigenvalue weighted by Crippen LogP contribution is -2.20. The predicted molar refractivity (Wildman–Crippen MR) is 240 cm³/mol. The van der Waals surface area contributed by atoms with Gasteiger partial charge < -0.3 is 10.2 Å². The number of aryl methyl sites for hydroxylation is 9. The van der Waals surface area contributed by atoms with E-state index in [4.69, 9.17) is 5.11 Å². The first-order valence-corrected chi connectivity index (χ1v) is 23.6. The smallest absolute Gasteiger partial charge is 0.335 e. The topological polar surface area (TPSA) is 60.4 Å². The fraction of sp³-hybridized carbons (Fsp3) is 0.519. The fourth-order valence-corrected chi connectivity index (χ4v) is 11.4. The van der Waals surface area contributed by atoms with Crippen LogP contribution in [0.2, 0.25) is 0 Å². The quantitative estimate of drug-likeness (QED) is 0.0808. The molecule has 0 saturated heterocycles. The Labute approximate surface area is 345 Å². The van der Waals surface area contributed by atoms with Gasteiger partial charge in [-0.3, -0.25) is 0 Å². The van der Waals surface area contributed by atoms with Crippen molar-refractivity contribution in [3.05, 3.63) is 116 Å². The standard InChI is InChI=1S/C45H69S.C7H6O3/c1-10-19-34-28-37(22-13-4)43(38(29-34)23-14-5)46(44-39(24-15-6)30-35(20-11-2)31-40(44)25-16-7)45-41(26-17-8)32-36(21-12-3)33-42(45)27-18-9;8-6-4-2-1-3-5(6)7(9)10/h28-33H,10-27H2,1-9H3;1-4,8H,(H,9,10)/q+1;/p-1. The van der Waals surface area contributed by atoms with Crippen molar-refractivity contribution in [1.29, 1.82) is 0 Å². The van der Waals surface area contributed by atoms with E-state index >= 15 is 0 Å². The minimum atomic E-state index is -1.18. The van der Waals surface area contributed by atoms with Gasteiger partial charge in [0, 0.05) is 33.4 Å². The molecule has 0 aromatic heterocycles. The van der Waals surface area contributed by atoms with Crippen molar-refractivity contribution in [2.24, 2.45) is 0 Å². The molecule has 4 aromatic rings. The largest absolute Gasteiger partial charge is 0.872 e. The molecular formula is C52H74O3S. The summed E-state index contributed by atoms with van der Waals surface area (Å²) in [6, 6.07) is 21.4. The van der Waals surface area contributed by atoms with Crippen molar-refractivity contribution in [3.63, 3.8) is 0 Å². The molecule has 0 aliphatic carbocycles. The van der Waals surface area contributed by atoms with Crippen LogP contribution in [0.3, 0.4) is 0 Å². The molecule has 0 aliphatic heterocycles. The molecule has 4 rings (SSSR count). The lowest BCUT2D eigenvalue weighted by atomic mass is 9.97. The van der Waals surface area contributed by atoms with Crippen molar-refractivity contribution >= 4 is 16.9 Å². The molecular weight excluding hydrogens is 705 g/mol. The molecule has 0 spiro atoms. The van der Waals surface area contributed by atoms with E-state index in [1.807, 2.05) is 0 Å². The highest BCUT2D eigenvalue weighted by Gasteiger charge is 2.41. The Morgan fingerprint density at radius 1 is 0.446 bits per heavy atom. The van der Waals surface area contributed by atoms with Gasteiger partial charge in [-0.1, -0.05) is 180 Å². The first kappa shape index (κ1) is 46.9. The number of para-hydroxylation sites is 1. The van der Waals surface area contributed by atoms with E-state index in [-0.39, 0.29) is 16.5 Å². The number of carbonyl (C=O) groups is 1. The number of aromatic carboxylic acids is 1. The summed E-state index contributed by atoms with van der Waals surface area (Å²) in [7, 11) is -0.129. The second-order valence-corrected chi connectivity index (χ2v) is 17.4. The highest BCUT2D eigenvalue weighted by Crippen LogP contribution is 2.45. The minimum absolute atomic E-state index is 0.129. The van der Waals surface area contributed by atoms with Crippen molar-refractivity contribution in [2.45, 2.75) is 193 Å². The summed E-state index contributed by atoms with van der Waals surface area (Å²) in [5.41, 5.74) is 14.4. The number of carboxylic acids is 1. The number of hydrogen-bond donors (Lipinski definition) is 1. The van der Waals surface area contributed by atoms with Crippen LogP contribution in [-0.4, -0.2) is 11.1 Å². The normalized spacial score (nSPS) is 11.2. The molecule has 0 aliphatic rings. The van der Waals surface area contributed by atoms with Gasteiger partial charge in [0.15, 0.2) is 14.7 Å². The number of carboxylic acid groups (broad SMARTS) is 1. The molecule has 0 unspecified atom stereocenters. The van der Waals surface area contributed by atoms with Crippen molar-refractivity contribution < 1.29 is 15.0 Å². The monoisotopic (exact) mass is 779 g/mol. The molecule has 3 nitrogen and oxygen atoms in total. The van der Waals surface area contributed by atoms with E-state index in [0.29, 0.717) is 0 Å². The maximum atomic E-state index is 10.7. The fourth-order valence-electron chi connectivity index (χ4n) is 8.25. The minimum Gasteiger partial charge on any atom is -0.872 e. The summed E-state index contributed by atoms with van der Waals surface area (Å²) < 4.78 is 0. The second kappa shape index (κ2) is 25.0. The lowest BCUT2D eigenvalue weighted by molar-refractivity contribution is -0.268. The van der Waals surface area contributed by atoms with E-state index in [9.17, 15) is 9.90 Å². The third kappa shape index (κ3) is 12.8. The van der Waals surface area contributed by atoms with E-state index in [1.54, 1.807) is 64.8 Å². The summed E-state index contributed by atoms with van der Waals surface area (Å²) in [5, 5.41) is 19.0. The van der Waals surface area contributed by atoms with Crippen LogP contribution in [0.15, 0.2) is 75.4 Å². The predicted octanol–water partition coefficient (Wildman–Crippen LogP) is 13.8. The zero-order valence-corrected chi connectivity index (χ0v) is 37.5. The molecule has 1 N–H and O–H groups in total. The van der Waals surface area contributed by atoms with Crippen LogP contribution in [0.25, 0.3) is 0 Å². The number of rotatable bonds is 22. The summed E-state index contributed by atoms with van der Waals surface area (Å²) in [6.45, 7) is 21.4. The highest BCUT2D eigenvalue weighted by atomic mass is 32.2. The lowest BCUT2D eigenvalue weighted by Gasteiger charge is -2.25. The van der Waals surface area contributed by atoms with E-state index in [0.717, 1.165) is 0 Å². The van der Waals surface area contributed by atoms with Gasteiger partial charge >= 0.3 is 5.97 Å². The van der Waals surface area contributed by atoms with Crippen LogP contribution in [0.5, 0.6) is 5.75 Å². The third-order valence-electron chi connectivity index (χ3n) is 10.4. The maximum Gasteiger partial charge on any atom is 0.335 e.